The van der Waals surface area contributed by atoms with Crippen LogP contribution < -0.4 is 0 Å². The van der Waals surface area contributed by atoms with E-state index in [1.165, 1.54) is 13.8 Å². The average molecular weight is 205 g/mol. The Morgan fingerprint density at radius 3 is 1.50 bits per heavy atom. The van der Waals surface area contributed by atoms with Gasteiger partial charge in [-0.05, 0) is 13.8 Å². The lowest BCUT2D eigenvalue weighted by Gasteiger charge is -2.08. The summed E-state index contributed by atoms with van der Waals surface area (Å²) in [6.07, 6.45) is 0. The molecule has 0 radical (unpaired) electrons. The number of carboxylic acid groups (broad SMARTS) is 2. The summed E-state index contributed by atoms with van der Waals surface area (Å²) in [6.45, 7) is 2.93. The second-order valence-electron chi connectivity index (χ2n) is 2.10. The molecule has 0 saturated carbocycles. The fourth-order valence-corrected chi connectivity index (χ4v) is 1.27. The highest BCUT2D eigenvalue weighted by Crippen LogP contribution is 2.17. The Hall–Kier alpha value is 0.0562. The molecule has 12 heavy (non-hydrogen) atoms. The summed E-state index contributed by atoms with van der Waals surface area (Å²) in [5, 5.41) is 15.5. The predicted molar refractivity (Wildman–Crippen MR) is 50.3 cm³/mol. The normalized spacial score (nSPS) is 14.2. The molecular formula is C6H12MgO4S. The Balaban J connectivity index is 0. The monoisotopic (exact) mass is 204 g/mol. The first kappa shape index (κ1) is 14.6. The molecule has 0 aliphatic carbocycles. The van der Waals surface area contributed by atoms with Gasteiger partial charge in [0, 0.05) is 0 Å². The van der Waals surface area contributed by atoms with Gasteiger partial charge in [-0.15, -0.1) is 11.8 Å². The molecule has 0 aromatic rings. The van der Waals surface area contributed by atoms with Crippen molar-refractivity contribution in [2.75, 3.05) is 0 Å². The molecule has 0 aromatic heterocycles. The van der Waals surface area contributed by atoms with Crippen LogP contribution in [0.2, 0.25) is 0 Å². The Bertz CT molecular complexity index is 155. The van der Waals surface area contributed by atoms with Gasteiger partial charge >= 0.3 is 35.0 Å². The van der Waals surface area contributed by atoms with Crippen LogP contribution >= 0.6 is 11.8 Å². The minimum Gasteiger partial charge on any atom is -0.480 e. The number of hydrogen-bond donors (Lipinski definition) is 2. The van der Waals surface area contributed by atoms with Gasteiger partial charge < -0.3 is 10.2 Å². The summed E-state index contributed by atoms with van der Waals surface area (Å²) in [5.74, 6) is -1.97. The summed E-state index contributed by atoms with van der Waals surface area (Å²) in [6, 6.07) is 0. The van der Waals surface area contributed by atoms with Crippen LogP contribution in [0.1, 0.15) is 13.8 Å². The van der Waals surface area contributed by atoms with Crippen LogP contribution in [0.5, 0.6) is 0 Å². The first-order chi connectivity index (χ1) is 4.95. The maximum atomic E-state index is 10.2. The second-order valence-corrected chi connectivity index (χ2v) is 3.78. The zero-order valence-corrected chi connectivity index (χ0v) is 7.09. The third-order valence-corrected chi connectivity index (χ3v) is 2.32. The summed E-state index contributed by atoms with van der Waals surface area (Å²) < 4.78 is 0. The van der Waals surface area contributed by atoms with Crippen molar-refractivity contribution in [1.29, 1.82) is 0 Å². The molecule has 4 nitrogen and oxygen atoms in total. The lowest BCUT2D eigenvalue weighted by molar-refractivity contribution is -0.136. The standard InChI is InChI=1S/C6H10O4S.Mg.2H/c1-3(5(7)8)11-4(2)6(9)10;;;/h3-4H,1-2H3,(H,7,8)(H,9,10);;;. The van der Waals surface area contributed by atoms with E-state index in [0.717, 1.165) is 11.8 Å². The first-order valence-corrected chi connectivity index (χ1v) is 4.00. The number of aliphatic carboxylic acids is 2. The SMILES string of the molecule is CC(SC(C)C(=O)O)C(=O)O.[MgH2]. The van der Waals surface area contributed by atoms with Crippen molar-refractivity contribution in [1.82, 2.24) is 0 Å². The van der Waals surface area contributed by atoms with Crippen molar-refractivity contribution < 1.29 is 19.8 Å². The quantitative estimate of drug-likeness (QED) is 0.618. The van der Waals surface area contributed by atoms with Crippen molar-refractivity contribution >= 4 is 46.8 Å². The van der Waals surface area contributed by atoms with Gasteiger partial charge in [-0.2, -0.15) is 0 Å². The molecule has 2 N–H and O–H groups in total. The fraction of sp³-hybridized carbons (Fsp3) is 0.667. The van der Waals surface area contributed by atoms with Crippen molar-refractivity contribution in [3.63, 3.8) is 0 Å². The molecule has 0 saturated heterocycles. The van der Waals surface area contributed by atoms with E-state index in [1.807, 2.05) is 0 Å². The second kappa shape index (κ2) is 6.56. The molecule has 0 aliphatic heterocycles. The van der Waals surface area contributed by atoms with Gasteiger partial charge in [-0.1, -0.05) is 0 Å². The fourth-order valence-electron chi connectivity index (χ4n) is 0.423. The Morgan fingerprint density at radius 2 is 1.33 bits per heavy atom. The average Bonchev–Trinajstić information content (AvgIpc) is 1.87. The van der Waals surface area contributed by atoms with Gasteiger partial charge in [0.15, 0.2) is 0 Å². The van der Waals surface area contributed by atoms with Crippen molar-refractivity contribution in [2.45, 2.75) is 24.3 Å². The molecule has 0 aliphatic rings. The molecule has 0 bridgehead atoms. The van der Waals surface area contributed by atoms with Crippen molar-refractivity contribution in [3.05, 3.63) is 0 Å². The summed E-state index contributed by atoms with van der Waals surface area (Å²) in [5.41, 5.74) is 0. The molecule has 2 unspecified atom stereocenters. The molecule has 2 atom stereocenters. The number of carboxylic acids is 2. The highest BCUT2D eigenvalue weighted by Gasteiger charge is 2.19. The van der Waals surface area contributed by atoms with Gasteiger partial charge in [0.1, 0.15) is 10.5 Å². The van der Waals surface area contributed by atoms with Crippen LogP contribution in [0.4, 0.5) is 0 Å². The van der Waals surface area contributed by atoms with Crippen LogP contribution in [0, 0.1) is 0 Å². The van der Waals surface area contributed by atoms with E-state index in [4.69, 9.17) is 10.2 Å². The van der Waals surface area contributed by atoms with Crippen LogP contribution in [0.15, 0.2) is 0 Å². The van der Waals surface area contributed by atoms with Gasteiger partial charge in [-0.25, -0.2) is 0 Å². The zero-order valence-electron chi connectivity index (χ0n) is 6.27. The number of rotatable bonds is 4. The molecule has 0 fully saturated rings. The van der Waals surface area contributed by atoms with E-state index < -0.39 is 22.4 Å². The van der Waals surface area contributed by atoms with Crippen molar-refractivity contribution in [2.24, 2.45) is 0 Å². The highest BCUT2D eigenvalue weighted by molar-refractivity contribution is 8.01. The maximum absolute atomic E-state index is 10.2. The Morgan fingerprint density at radius 1 is 1.08 bits per heavy atom. The first-order valence-electron chi connectivity index (χ1n) is 3.06. The predicted octanol–water partition coefficient (Wildman–Crippen LogP) is -0.250. The van der Waals surface area contributed by atoms with E-state index in [1.54, 1.807) is 0 Å². The van der Waals surface area contributed by atoms with E-state index >= 15 is 0 Å². The molecule has 0 spiro atoms. The molecular weight excluding hydrogens is 192 g/mol. The van der Waals surface area contributed by atoms with Crippen LogP contribution in [-0.2, 0) is 9.59 Å². The number of hydrogen-bond acceptors (Lipinski definition) is 3. The van der Waals surface area contributed by atoms with Crippen LogP contribution in [-0.4, -0.2) is 55.7 Å². The van der Waals surface area contributed by atoms with E-state index in [0.29, 0.717) is 0 Å². The number of thioether (sulfide) groups is 1. The van der Waals surface area contributed by atoms with E-state index in [9.17, 15) is 9.59 Å². The molecule has 0 heterocycles. The summed E-state index contributed by atoms with van der Waals surface area (Å²) in [4.78, 5) is 20.5. The third-order valence-electron chi connectivity index (χ3n) is 1.10. The molecule has 6 heteroatoms. The zero-order chi connectivity index (χ0) is 9.02. The highest BCUT2D eigenvalue weighted by atomic mass is 32.2. The van der Waals surface area contributed by atoms with Gasteiger partial charge in [0.25, 0.3) is 0 Å². The molecule has 68 valence electrons. The lowest BCUT2D eigenvalue weighted by atomic mass is 10.5. The third kappa shape index (κ3) is 5.67. The van der Waals surface area contributed by atoms with Crippen LogP contribution in [0.25, 0.3) is 0 Å². The lowest BCUT2D eigenvalue weighted by Crippen LogP contribution is -2.20. The molecule has 0 rings (SSSR count). The molecule has 0 amide bonds. The smallest absolute Gasteiger partial charge is 0.316 e. The Kier molecular flexibility index (Phi) is 7.97. The summed E-state index contributed by atoms with van der Waals surface area (Å²) in [7, 11) is 0. The van der Waals surface area contributed by atoms with E-state index in [2.05, 4.69) is 0 Å². The largest absolute Gasteiger partial charge is 0.480 e. The minimum atomic E-state index is -0.983. The van der Waals surface area contributed by atoms with Gasteiger partial charge in [0.2, 0.25) is 0 Å². The summed E-state index contributed by atoms with van der Waals surface area (Å²) >= 11 is 0.917. The minimum absolute atomic E-state index is 0. The maximum Gasteiger partial charge on any atom is 0.316 e. The van der Waals surface area contributed by atoms with Crippen molar-refractivity contribution in [3.8, 4) is 0 Å². The topological polar surface area (TPSA) is 74.6 Å². The Labute approximate surface area is 90.9 Å². The molecule has 0 aromatic carbocycles. The van der Waals surface area contributed by atoms with Gasteiger partial charge in [-0.3, -0.25) is 9.59 Å². The van der Waals surface area contributed by atoms with Gasteiger partial charge in [0.05, 0.1) is 0 Å². The van der Waals surface area contributed by atoms with E-state index in [-0.39, 0.29) is 23.1 Å². The van der Waals surface area contributed by atoms with Crippen LogP contribution in [0.3, 0.4) is 0 Å². The number of carbonyl (C=O) groups is 2.